The molecule has 29 heavy (non-hydrogen) atoms. The van der Waals surface area contributed by atoms with Gasteiger partial charge in [0, 0.05) is 31.3 Å². The standard InChI is InChI=1S/C23H22F2N2O2/c24-19-5-1-3-17(15-19)7-11-22(28)26-13-14-27(21-9-10-21)23(29)12-8-18-4-2-6-20(25)16-18/h1-8,11-12,15-16,21H,9-10,13-14H2,(H,26,28)/b11-7+,12-8+. The number of benzene rings is 2. The van der Waals surface area contributed by atoms with Crippen molar-refractivity contribution in [3.8, 4) is 0 Å². The fourth-order valence-electron chi connectivity index (χ4n) is 2.87. The molecule has 1 fully saturated rings. The van der Waals surface area contributed by atoms with Crippen LogP contribution in [-0.2, 0) is 9.59 Å². The average molecular weight is 396 g/mol. The van der Waals surface area contributed by atoms with Crippen molar-refractivity contribution in [1.29, 1.82) is 0 Å². The molecule has 0 saturated heterocycles. The highest BCUT2D eigenvalue weighted by Crippen LogP contribution is 2.26. The number of halogens is 2. The second-order valence-corrected chi connectivity index (χ2v) is 6.83. The Bertz CT molecular complexity index is 936. The minimum absolute atomic E-state index is 0.165. The molecule has 2 aromatic rings. The van der Waals surface area contributed by atoms with E-state index in [4.69, 9.17) is 0 Å². The Morgan fingerprint density at radius 3 is 2.10 bits per heavy atom. The number of hydrogen-bond donors (Lipinski definition) is 1. The first-order valence-corrected chi connectivity index (χ1v) is 9.47. The number of amides is 2. The van der Waals surface area contributed by atoms with Gasteiger partial charge in [-0.1, -0.05) is 24.3 Å². The average Bonchev–Trinajstić information content (AvgIpc) is 3.53. The first kappa shape index (κ1) is 20.5. The Labute approximate surface area is 168 Å². The number of nitrogens with zero attached hydrogens (tertiary/aromatic N) is 1. The molecule has 0 unspecified atom stereocenters. The fraction of sp³-hybridized carbons (Fsp3) is 0.217. The van der Waals surface area contributed by atoms with Gasteiger partial charge in [-0.05, 0) is 60.4 Å². The molecule has 6 heteroatoms. The zero-order chi connectivity index (χ0) is 20.6. The minimum atomic E-state index is -0.363. The maximum atomic E-state index is 13.2. The first-order chi connectivity index (χ1) is 14.0. The normalized spacial score (nSPS) is 13.7. The molecule has 0 atom stereocenters. The zero-order valence-corrected chi connectivity index (χ0v) is 15.9. The topological polar surface area (TPSA) is 49.4 Å². The predicted molar refractivity (Wildman–Crippen MR) is 109 cm³/mol. The minimum Gasteiger partial charge on any atom is -0.351 e. The van der Waals surface area contributed by atoms with Crippen LogP contribution in [-0.4, -0.2) is 35.8 Å². The van der Waals surface area contributed by atoms with E-state index in [1.807, 2.05) is 0 Å². The SMILES string of the molecule is O=C(/C=C/c1cccc(F)c1)NCCN(C(=O)/C=C/c1cccc(F)c1)C1CC1. The number of carbonyl (C=O) groups is 2. The van der Waals surface area contributed by atoms with Gasteiger partial charge in [-0.3, -0.25) is 9.59 Å². The molecule has 1 N–H and O–H groups in total. The summed E-state index contributed by atoms with van der Waals surface area (Å²) < 4.78 is 26.4. The maximum Gasteiger partial charge on any atom is 0.246 e. The molecule has 4 nitrogen and oxygen atoms in total. The zero-order valence-electron chi connectivity index (χ0n) is 15.9. The van der Waals surface area contributed by atoms with Crippen LogP contribution in [0.2, 0.25) is 0 Å². The molecule has 2 amide bonds. The summed E-state index contributed by atoms with van der Waals surface area (Å²) in [6, 6.07) is 12.1. The van der Waals surface area contributed by atoms with Gasteiger partial charge in [0.05, 0.1) is 0 Å². The van der Waals surface area contributed by atoms with E-state index in [1.54, 1.807) is 35.2 Å². The molecule has 1 aliphatic carbocycles. The van der Waals surface area contributed by atoms with E-state index in [2.05, 4.69) is 5.32 Å². The monoisotopic (exact) mass is 396 g/mol. The van der Waals surface area contributed by atoms with Gasteiger partial charge in [0.2, 0.25) is 11.8 Å². The predicted octanol–water partition coefficient (Wildman–Crippen LogP) is 3.80. The highest BCUT2D eigenvalue weighted by atomic mass is 19.1. The van der Waals surface area contributed by atoms with Crippen LogP contribution >= 0.6 is 0 Å². The molecule has 0 bridgehead atoms. The second-order valence-electron chi connectivity index (χ2n) is 6.83. The van der Waals surface area contributed by atoms with Crippen LogP contribution in [0.3, 0.4) is 0 Å². The lowest BCUT2D eigenvalue weighted by Crippen LogP contribution is -2.38. The summed E-state index contributed by atoms with van der Waals surface area (Å²) in [5, 5.41) is 2.73. The number of rotatable bonds is 8. The van der Waals surface area contributed by atoms with E-state index >= 15 is 0 Å². The Morgan fingerprint density at radius 2 is 1.55 bits per heavy atom. The molecule has 0 radical (unpaired) electrons. The summed E-state index contributed by atoms with van der Waals surface area (Å²) in [5.74, 6) is -1.20. The third-order valence-corrected chi connectivity index (χ3v) is 4.47. The van der Waals surface area contributed by atoms with Crippen LogP contribution < -0.4 is 5.32 Å². The summed E-state index contributed by atoms with van der Waals surface area (Å²) in [6.45, 7) is 0.693. The van der Waals surface area contributed by atoms with E-state index in [9.17, 15) is 18.4 Å². The van der Waals surface area contributed by atoms with Gasteiger partial charge in [-0.25, -0.2) is 8.78 Å². The summed E-state index contributed by atoms with van der Waals surface area (Å²) in [4.78, 5) is 26.1. The Balaban J connectivity index is 1.49. The van der Waals surface area contributed by atoms with Crippen molar-refractivity contribution < 1.29 is 18.4 Å². The summed E-state index contributed by atoms with van der Waals surface area (Å²) in [6.07, 6.45) is 7.76. The quantitative estimate of drug-likeness (QED) is 0.690. The Morgan fingerprint density at radius 1 is 0.966 bits per heavy atom. The molecule has 0 heterocycles. The van der Waals surface area contributed by atoms with Gasteiger partial charge in [-0.15, -0.1) is 0 Å². The van der Waals surface area contributed by atoms with Gasteiger partial charge in [-0.2, -0.15) is 0 Å². The highest BCUT2D eigenvalue weighted by Gasteiger charge is 2.31. The lowest BCUT2D eigenvalue weighted by Gasteiger charge is -2.20. The van der Waals surface area contributed by atoms with Crippen LogP contribution in [0, 0.1) is 11.6 Å². The third kappa shape index (κ3) is 6.68. The van der Waals surface area contributed by atoms with Crippen LogP contribution in [0.1, 0.15) is 24.0 Å². The number of hydrogen-bond acceptors (Lipinski definition) is 2. The third-order valence-electron chi connectivity index (χ3n) is 4.47. The molecular weight excluding hydrogens is 374 g/mol. The first-order valence-electron chi connectivity index (χ1n) is 9.47. The summed E-state index contributed by atoms with van der Waals surface area (Å²) >= 11 is 0. The highest BCUT2D eigenvalue weighted by molar-refractivity contribution is 5.93. The Hall–Kier alpha value is -3.28. The van der Waals surface area contributed by atoms with Gasteiger partial charge in [0.25, 0.3) is 0 Å². The van der Waals surface area contributed by atoms with E-state index in [0.717, 1.165) is 12.8 Å². The van der Waals surface area contributed by atoms with E-state index < -0.39 is 0 Å². The van der Waals surface area contributed by atoms with E-state index in [-0.39, 0.29) is 29.5 Å². The van der Waals surface area contributed by atoms with Crippen molar-refractivity contribution >= 4 is 24.0 Å². The maximum absolute atomic E-state index is 13.2. The second kappa shape index (κ2) is 9.78. The van der Waals surface area contributed by atoms with Crippen molar-refractivity contribution in [2.45, 2.75) is 18.9 Å². The smallest absolute Gasteiger partial charge is 0.246 e. The van der Waals surface area contributed by atoms with Crippen molar-refractivity contribution in [2.24, 2.45) is 0 Å². The van der Waals surface area contributed by atoms with Gasteiger partial charge < -0.3 is 10.2 Å². The molecule has 0 aliphatic heterocycles. The van der Waals surface area contributed by atoms with Crippen LogP contribution in [0.25, 0.3) is 12.2 Å². The number of carbonyl (C=O) groups excluding carboxylic acids is 2. The van der Waals surface area contributed by atoms with Crippen molar-refractivity contribution in [3.63, 3.8) is 0 Å². The lowest BCUT2D eigenvalue weighted by molar-refractivity contribution is -0.127. The van der Waals surface area contributed by atoms with Crippen LogP contribution in [0.4, 0.5) is 8.78 Å². The number of nitrogens with one attached hydrogen (secondary N) is 1. The molecule has 0 aromatic heterocycles. The Kier molecular flexibility index (Phi) is 6.89. The fourth-order valence-corrected chi connectivity index (χ4v) is 2.87. The molecule has 0 spiro atoms. The molecule has 1 saturated carbocycles. The van der Waals surface area contributed by atoms with Gasteiger partial charge >= 0.3 is 0 Å². The molecule has 1 aliphatic rings. The van der Waals surface area contributed by atoms with E-state index in [0.29, 0.717) is 24.2 Å². The molecule has 3 rings (SSSR count). The summed E-state index contributed by atoms with van der Waals surface area (Å²) in [5.41, 5.74) is 1.21. The van der Waals surface area contributed by atoms with Crippen LogP contribution in [0.5, 0.6) is 0 Å². The molecular formula is C23H22F2N2O2. The summed E-state index contributed by atoms with van der Waals surface area (Å²) in [7, 11) is 0. The lowest BCUT2D eigenvalue weighted by atomic mass is 10.2. The van der Waals surface area contributed by atoms with Gasteiger partial charge in [0.1, 0.15) is 11.6 Å². The van der Waals surface area contributed by atoms with E-state index in [1.165, 1.54) is 42.5 Å². The van der Waals surface area contributed by atoms with Gasteiger partial charge in [0.15, 0.2) is 0 Å². The largest absolute Gasteiger partial charge is 0.351 e. The molecule has 150 valence electrons. The van der Waals surface area contributed by atoms with Crippen molar-refractivity contribution in [1.82, 2.24) is 10.2 Å². The van der Waals surface area contributed by atoms with Crippen molar-refractivity contribution in [2.75, 3.05) is 13.1 Å². The molecule has 2 aromatic carbocycles. The van der Waals surface area contributed by atoms with Crippen LogP contribution in [0.15, 0.2) is 60.7 Å². The van der Waals surface area contributed by atoms with Crippen molar-refractivity contribution in [3.05, 3.63) is 83.4 Å².